The van der Waals surface area contributed by atoms with Crippen molar-refractivity contribution in [3.8, 4) is 5.69 Å². The molecule has 0 saturated heterocycles. The summed E-state index contributed by atoms with van der Waals surface area (Å²) in [6.45, 7) is -1.21. The highest BCUT2D eigenvalue weighted by Crippen LogP contribution is 2.25. The van der Waals surface area contributed by atoms with Crippen molar-refractivity contribution in [2.75, 3.05) is 37.5 Å². The van der Waals surface area contributed by atoms with E-state index in [-0.39, 0.29) is 36.5 Å². The molecule has 4 rings (SSSR count). The molecule has 0 fully saturated rings. The molecule has 4 aromatic rings. The van der Waals surface area contributed by atoms with E-state index in [1.165, 1.54) is 49.5 Å². The molecule has 14 nitrogen and oxygen atoms in total. The Balaban J connectivity index is 0.000000531. The number of amides is 2. The highest BCUT2D eigenvalue weighted by atomic mass is 35.5. The van der Waals surface area contributed by atoms with E-state index in [1.54, 1.807) is 0 Å². The number of fused-ring (bicyclic) bond motifs is 1. The average Bonchev–Trinajstić information content (AvgIpc) is 3.41. The molecule has 42 heavy (non-hydrogen) atoms. The van der Waals surface area contributed by atoms with E-state index in [0.29, 0.717) is 0 Å². The SMILES string of the molecule is CNc1cc2[nH]c(=O)n(-c3ccc(NC(=O)NS(=O)(=O)c4ccc(Cl)s4)cc3)c(=O)c2cc1F.NC(CO)(CO)CO. The van der Waals surface area contributed by atoms with Crippen LogP contribution in [0.2, 0.25) is 4.34 Å². The van der Waals surface area contributed by atoms with E-state index in [2.05, 4.69) is 15.6 Å². The number of halogens is 2. The molecule has 226 valence electrons. The van der Waals surface area contributed by atoms with E-state index in [0.717, 1.165) is 22.0 Å². The Morgan fingerprint density at radius 2 is 1.71 bits per heavy atom. The van der Waals surface area contributed by atoms with Gasteiger partial charge in [0.15, 0.2) is 0 Å². The van der Waals surface area contributed by atoms with Gasteiger partial charge in [-0.25, -0.2) is 31.7 Å². The molecule has 0 aliphatic rings. The summed E-state index contributed by atoms with van der Waals surface area (Å²) in [7, 11) is -2.60. The molecular weight excluding hydrogens is 619 g/mol. The van der Waals surface area contributed by atoms with Crippen LogP contribution in [0.15, 0.2) is 62.3 Å². The van der Waals surface area contributed by atoms with Crippen LogP contribution in [-0.4, -0.2) is 71.7 Å². The van der Waals surface area contributed by atoms with Crippen molar-refractivity contribution in [1.82, 2.24) is 14.3 Å². The first-order chi connectivity index (χ1) is 19.8. The summed E-state index contributed by atoms with van der Waals surface area (Å²) >= 11 is 6.52. The zero-order valence-corrected chi connectivity index (χ0v) is 24.1. The minimum atomic E-state index is -4.10. The number of hydrogen-bond acceptors (Lipinski definition) is 11. The fraction of sp³-hybridized carbons (Fsp3) is 0.208. The van der Waals surface area contributed by atoms with Crippen LogP contribution in [0.5, 0.6) is 0 Å². The minimum absolute atomic E-state index is 0.0310. The fourth-order valence-corrected chi connectivity index (χ4v) is 5.67. The number of benzene rings is 2. The Bertz CT molecular complexity index is 1800. The number of urea groups is 1. The molecule has 0 unspecified atom stereocenters. The van der Waals surface area contributed by atoms with Crippen LogP contribution in [0.4, 0.5) is 20.6 Å². The van der Waals surface area contributed by atoms with Gasteiger partial charge in [0.25, 0.3) is 15.6 Å². The maximum Gasteiger partial charge on any atom is 0.333 e. The number of thiophene rings is 1. The lowest BCUT2D eigenvalue weighted by Gasteiger charge is -2.20. The maximum absolute atomic E-state index is 14.1. The second kappa shape index (κ2) is 13.4. The maximum atomic E-state index is 14.1. The Hall–Kier alpha value is -3.84. The fourth-order valence-electron chi connectivity index (χ4n) is 3.28. The third-order valence-electron chi connectivity index (χ3n) is 5.62. The lowest BCUT2D eigenvalue weighted by atomic mass is 10.1. The van der Waals surface area contributed by atoms with Crippen LogP contribution in [-0.2, 0) is 10.0 Å². The van der Waals surface area contributed by atoms with E-state index in [4.69, 9.17) is 32.7 Å². The van der Waals surface area contributed by atoms with Gasteiger partial charge < -0.3 is 36.7 Å². The number of carbonyl (C=O) groups excluding carboxylic acids is 1. The predicted molar refractivity (Wildman–Crippen MR) is 157 cm³/mol. The normalized spacial score (nSPS) is 11.5. The molecule has 2 aromatic carbocycles. The highest BCUT2D eigenvalue weighted by Gasteiger charge is 2.21. The molecule has 18 heteroatoms. The largest absolute Gasteiger partial charge is 0.394 e. The van der Waals surface area contributed by atoms with Gasteiger partial charge in [0, 0.05) is 12.7 Å². The van der Waals surface area contributed by atoms with Gasteiger partial charge in [0.05, 0.1) is 52.0 Å². The third-order valence-corrected chi connectivity index (χ3v) is 8.68. The molecule has 0 atom stereocenters. The van der Waals surface area contributed by atoms with Crippen molar-refractivity contribution < 1.29 is 32.9 Å². The topological polar surface area (TPSA) is 229 Å². The highest BCUT2D eigenvalue weighted by molar-refractivity contribution is 7.92. The number of nitrogens with one attached hydrogen (secondary N) is 4. The first kappa shape index (κ1) is 32.7. The van der Waals surface area contributed by atoms with Crippen LogP contribution in [0.1, 0.15) is 0 Å². The Labute approximate surface area is 246 Å². The van der Waals surface area contributed by atoms with Crippen LogP contribution < -0.4 is 32.3 Å². The molecule has 9 N–H and O–H groups in total. The number of carbonyl (C=O) groups is 1. The van der Waals surface area contributed by atoms with Gasteiger partial charge in [-0.05, 0) is 48.5 Å². The van der Waals surface area contributed by atoms with Crippen molar-refractivity contribution in [1.29, 1.82) is 0 Å². The average molecular weight is 645 g/mol. The number of nitrogens with two attached hydrogens (primary N) is 1. The molecule has 0 radical (unpaired) electrons. The lowest BCUT2D eigenvalue weighted by molar-refractivity contribution is 0.0697. The quantitative estimate of drug-likeness (QED) is 0.134. The summed E-state index contributed by atoms with van der Waals surface area (Å²) in [4.78, 5) is 40.0. The number of aliphatic hydroxyl groups excluding tert-OH is 3. The number of sulfonamides is 1. The van der Waals surface area contributed by atoms with Crippen LogP contribution >= 0.6 is 22.9 Å². The first-order valence-corrected chi connectivity index (χ1v) is 14.4. The number of aromatic nitrogens is 2. The van der Waals surface area contributed by atoms with E-state index in [9.17, 15) is 27.2 Å². The molecule has 0 spiro atoms. The number of anilines is 2. The minimum Gasteiger partial charge on any atom is -0.394 e. The Morgan fingerprint density at radius 1 is 1.10 bits per heavy atom. The standard InChI is InChI=1S/C20H15ClFN5O5S2.C4H11NO3/c1-23-15-9-14-12(8-13(15)22)18(28)27(20(30)25-14)11-4-2-10(3-5-11)24-19(29)26-34(31,32)17-7-6-16(21)33-17;5-4(1-6,2-7)3-8/h2-9,23H,1H3,(H,25,30)(H2,24,26,29);6-8H,1-3,5H2. The Kier molecular flexibility index (Phi) is 10.4. The summed E-state index contributed by atoms with van der Waals surface area (Å²) in [5, 5.41) is 30.0. The van der Waals surface area contributed by atoms with Gasteiger partial charge in [0.2, 0.25) is 0 Å². The number of aliphatic hydroxyl groups is 3. The molecule has 0 saturated carbocycles. The van der Waals surface area contributed by atoms with Crippen molar-refractivity contribution in [3.63, 3.8) is 0 Å². The molecule has 0 aliphatic heterocycles. The van der Waals surface area contributed by atoms with Crippen LogP contribution in [0.3, 0.4) is 0 Å². The monoisotopic (exact) mass is 644 g/mol. The molecule has 0 bridgehead atoms. The molecule has 2 heterocycles. The second-order valence-electron chi connectivity index (χ2n) is 8.70. The number of nitrogens with zero attached hydrogens (tertiary/aromatic N) is 1. The third kappa shape index (κ3) is 7.51. The predicted octanol–water partition coefficient (Wildman–Crippen LogP) is 0.746. The molecular formula is C24H26ClFN6O8S2. The zero-order valence-electron chi connectivity index (χ0n) is 21.7. The van der Waals surface area contributed by atoms with E-state index < -0.39 is 58.5 Å². The summed E-state index contributed by atoms with van der Waals surface area (Å²) in [6.07, 6.45) is 0. The van der Waals surface area contributed by atoms with Gasteiger partial charge in [-0.2, -0.15) is 0 Å². The van der Waals surface area contributed by atoms with Gasteiger partial charge >= 0.3 is 11.7 Å². The van der Waals surface area contributed by atoms with Gasteiger partial charge in [-0.1, -0.05) is 11.6 Å². The van der Waals surface area contributed by atoms with Crippen molar-refractivity contribution in [3.05, 3.63) is 79.5 Å². The van der Waals surface area contributed by atoms with E-state index in [1.807, 2.05) is 4.72 Å². The van der Waals surface area contributed by atoms with Crippen molar-refractivity contribution in [2.24, 2.45) is 5.73 Å². The summed E-state index contributed by atoms with van der Waals surface area (Å²) in [6, 6.07) is 9.44. The number of rotatable bonds is 8. The Morgan fingerprint density at radius 3 is 2.21 bits per heavy atom. The first-order valence-electron chi connectivity index (χ1n) is 11.7. The molecule has 2 amide bonds. The van der Waals surface area contributed by atoms with Gasteiger partial charge in [-0.3, -0.25) is 4.79 Å². The lowest BCUT2D eigenvalue weighted by Crippen LogP contribution is -2.50. The summed E-state index contributed by atoms with van der Waals surface area (Å²) in [5.41, 5.74) is 3.09. The summed E-state index contributed by atoms with van der Waals surface area (Å²) in [5.74, 6) is -0.656. The molecule has 0 aliphatic carbocycles. The smallest absolute Gasteiger partial charge is 0.333 e. The zero-order chi connectivity index (χ0) is 31.2. The van der Waals surface area contributed by atoms with Crippen molar-refractivity contribution >= 4 is 61.3 Å². The van der Waals surface area contributed by atoms with E-state index >= 15 is 0 Å². The van der Waals surface area contributed by atoms with Crippen LogP contribution in [0.25, 0.3) is 16.6 Å². The summed E-state index contributed by atoms with van der Waals surface area (Å²) < 4.78 is 41.3. The second-order valence-corrected chi connectivity index (χ2v) is 12.3. The van der Waals surface area contributed by atoms with Crippen molar-refractivity contribution in [2.45, 2.75) is 9.75 Å². The van der Waals surface area contributed by atoms with Gasteiger partial charge in [-0.15, -0.1) is 11.3 Å². The van der Waals surface area contributed by atoms with Crippen LogP contribution in [0, 0.1) is 5.82 Å². The van der Waals surface area contributed by atoms with Gasteiger partial charge in [0.1, 0.15) is 10.0 Å². The number of H-pyrrole nitrogens is 1. The number of hydrogen-bond donors (Lipinski definition) is 8. The number of aromatic amines is 1. The molecule has 2 aromatic heterocycles.